The van der Waals surface area contributed by atoms with Crippen LogP contribution < -0.4 is 11.5 Å². The van der Waals surface area contributed by atoms with E-state index in [-0.39, 0.29) is 0 Å². The fourth-order valence-electron chi connectivity index (χ4n) is 0.949. The summed E-state index contributed by atoms with van der Waals surface area (Å²) in [6.07, 6.45) is 0.809. The molecule has 1 rings (SSSR count). The van der Waals surface area contributed by atoms with Crippen LogP contribution in [0.25, 0.3) is 0 Å². The summed E-state index contributed by atoms with van der Waals surface area (Å²) in [4.78, 5) is 0. The quantitative estimate of drug-likeness (QED) is 0.660. The van der Waals surface area contributed by atoms with E-state index in [1.165, 1.54) is 0 Å². The van der Waals surface area contributed by atoms with Gasteiger partial charge >= 0.3 is 0 Å². The third-order valence-corrected chi connectivity index (χ3v) is 1.76. The molecular formula is C8H11ClN2. The highest BCUT2D eigenvalue weighted by molar-refractivity contribution is 6.30. The molecule has 2 nitrogen and oxygen atoms in total. The lowest BCUT2D eigenvalue weighted by atomic mass is 10.1. The van der Waals surface area contributed by atoms with Gasteiger partial charge in [-0.15, -0.1) is 0 Å². The van der Waals surface area contributed by atoms with Gasteiger partial charge in [0.15, 0.2) is 0 Å². The molecule has 11 heavy (non-hydrogen) atoms. The number of benzene rings is 1. The Morgan fingerprint density at radius 3 is 2.64 bits per heavy atom. The minimum absolute atomic E-state index is 0.617. The first-order valence-electron chi connectivity index (χ1n) is 3.48. The fourth-order valence-corrected chi connectivity index (χ4v) is 1.13. The maximum absolute atomic E-state index is 5.71. The lowest BCUT2D eigenvalue weighted by Gasteiger charge is -2.02. The van der Waals surface area contributed by atoms with Crippen LogP contribution in [0.3, 0.4) is 0 Å². The fraction of sp³-hybridized carbons (Fsp3) is 0.250. The van der Waals surface area contributed by atoms with Gasteiger partial charge in [0.1, 0.15) is 0 Å². The molecule has 0 aliphatic rings. The van der Waals surface area contributed by atoms with Gasteiger partial charge < -0.3 is 11.5 Å². The van der Waals surface area contributed by atoms with Crippen molar-refractivity contribution in [1.29, 1.82) is 0 Å². The molecule has 0 unspecified atom stereocenters. The van der Waals surface area contributed by atoms with E-state index < -0.39 is 0 Å². The number of nitrogens with two attached hydrogens (primary N) is 2. The first-order chi connectivity index (χ1) is 5.24. The van der Waals surface area contributed by atoms with Gasteiger partial charge in [-0.05, 0) is 30.7 Å². The van der Waals surface area contributed by atoms with Crippen molar-refractivity contribution < 1.29 is 0 Å². The largest absolute Gasteiger partial charge is 0.398 e. The number of anilines is 1. The molecule has 0 radical (unpaired) electrons. The Bertz CT molecular complexity index is 248. The Hall–Kier alpha value is -0.730. The van der Waals surface area contributed by atoms with Crippen LogP contribution in [-0.4, -0.2) is 6.54 Å². The summed E-state index contributed by atoms with van der Waals surface area (Å²) in [5, 5.41) is 0.670. The average molecular weight is 171 g/mol. The topological polar surface area (TPSA) is 52.0 Å². The molecule has 0 atom stereocenters. The van der Waals surface area contributed by atoms with Crippen molar-refractivity contribution in [2.45, 2.75) is 6.42 Å². The summed E-state index contributed by atoms with van der Waals surface area (Å²) in [5.41, 5.74) is 12.8. The molecule has 0 heterocycles. The summed E-state index contributed by atoms with van der Waals surface area (Å²) >= 11 is 5.71. The van der Waals surface area contributed by atoms with Gasteiger partial charge in [-0.25, -0.2) is 0 Å². The van der Waals surface area contributed by atoms with Gasteiger partial charge in [-0.3, -0.25) is 0 Å². The molecule has 1 aromatic carbocycles. The first kappa shape index (κ1) is 8.37. The van der Waals surface area contributed by atoms with Crippen LogP contribution in [0.2, 0.25) is 5.02 Å². The number of rotatable bonds is 2. The molecule has 0 bridgehead atoms. The number of hydrogen-bond donors (Lipinski definition) is 2. The third-order valence-electron chi connectivity index (χ3n) is 1.52. The van der Waals surface area contributed by atoms with Crippen LogP contribution in [0.1, 0.15) is 5.56 Å². The summed E-state index contributed by atoms with van der Waals surface area (Å²) in [7, 11) is 0. The lowest BCUT2D eigenvalue weighted by molar-refractivity contribution is 0.971. The highest BCUT2D eigenvalue weighted by Gasteiger charge is 1.97. The van der Waals surface area contributed by atoms with Crippen LogP contribution in [-0.2, 0) is 6.42 Å². The zero-order valence-electron chi connectivity index (χ0n) is 6.18. The predicted molar refractivity (Wildman–Crippen MR) is 48.6 cm³/mol. The summed E-state index contributed by atoms with van der Waals surface area (Å²) in [6.45, 7) is 0.617. The van der Waals surface area contributed by atoms with Crippen molar-refractivity contribution in [3.8, 4) is 0 Å². The SMILES string of the molecule is NCCc1ccc(Cl)cc1N. The number of nitrogen functional groups attached to an aromatic ring is 1. The van der Waals surface area contributed by atoms with E-state index in [1.54, 1.807) is 6.07 Å². The van der Waals surface area contributed by atoms with Gasteiger partial charge in [0.2, 0.25) is 0 Å². The molecule has 0 saturated heterocycles. The zero-order chi connectivity index (χ0) is 8.27. The van der Waals surface area contributed by atoms with E-state index in [0.29, 0.717) is 11.6 Å². The van der Waals surface area contributed by atoms with Crippen LogP contribution >= 0.6 is 11.6 Å². The van der Waals surface area contributed by atoms with Gasteiger partial charge in [-0.1, -0.05) is 17.7 Å². The number of hydrogen-bond acceptors (Lipinski definition) is 2. The molecule has 60 valence electrons. The van der Waals surface area contributed by atoms with Crippen molar-refractivity contribution in [2.24, 2.45) is 5.73 Å². The van der Waals surface area contributed by atoms with Crippen molar-refractivity contribution in [2.75, 3.05) is 12.3 Å². The minimum Gasteiger partial charge on any atom is -0.398 e. The lowest BCUT2D eigenvalue weighted by Crippen LogP contribution is -2.04. The standard InChI is InChI=1S/C8H11ClN2/c9-7-2-1-6(3-4-10)8(11)5-7/h1-2,5H,3-4,10-11H2. The molecule has 0 aromatic heterocycles. The maximum atomic E-state index is 5.71. The van der Waals surface area contributed by atoms with Gasteiger partial charge in [0.25, 0.3) is 0 Å². The molecule has 0 saturated carbocycles. The summed E-state index contributed by atoms with van der Waals surface area (Å²) in [5.74, 6) is 0. The molecule has 0 fully saturated rings. The Morgan fingerprint density at radius 2 is 2.09 bits per heavy atom. The van der Waals surface area contributed by atoms with E-state index >= 15 is 0 Å². The Morgan fingerprint density at radius 1 is 1.36 bits per heavy atom. The normalized spacial score (nSPS) is 10.0. The molecule has 0 aliphatic heterocycles. The van der Waals surface area contributed by atoms with E-state index in [4.69, 9.17) is 23.1 Å². The van der Waals surface area contributed by atoms with Crippen molar-refractivity contribution in [1.82, 2.24) is 0 Å². The minimum atomic E-state index is 0.617. The monoisotopic (exact) mass is 170 g/mol. The Balaban J connectivity index is 2.90. The smallest absolute Gasteiger partial charge is 0.0426 e. The summed E-state index contributed by atoms with van der Waals surface area (Å²) < 4.78 is 0. The molecule has 0 spiro atoms. The van der Waals surface area contributed by atoms with Gasteiger partial charge in [-0.2, -0.15) is 0 Å². The van der Waals surface area contributed by atoms with Gasteiger partial charge in [0.05, 0.1) is 0 Å². The van der Waals surface area contributed by atoms with E-state index in [1.807, 2.05) is 12.1 Å². The maximum Gasteiger partial charge on any atom is 0.0426 e. The average Bonchev–Trinajstić information content (AvgIpc) is 1.95. The van der Waals surface area contributed by atoms with Crippen molar-refractivity contribution >= 4 is 17.3 Å². The predicted octanol–water partition coefficient (Wildman–Crippen LogP) is 1.42. The third kappa shape index (κ3) is 2.10. The zero-order valence-corrected chi connectivity index (χ0v) is 6.93. The summed E-state index contributed by atoms with van der Waals surface area (Å²) in [6, 6.07) is 5.47. The van der Waals surface area contributed by atoms with Crippen molar-refractivity contribution in [3.05, 3.63) is 28.8 Å². The van der Waals surface area contributed by atoms with Gasteiger partial charge in [0, 0.05) is 10.7 Å². The van der Waals surface area contributed by atoms with Crippen LogP contribution in [0.5, 0.6) is 0 Å². The second kappa shape index (κ2) is 3.60. The Labute approximate surface area is 71.1 Å². The van der Waals surface area contributed by atoms with Crippen molar-refractivity contribution in [3.63, 3.8) is 0 Å². The highest BCUT2D eigenvalue weighted by Crippen LogP contribution is 2.17. The number of halogens is 1. The molecule has 1 aromatic rings. The molecule has 3 heteroatoms. The molecule has 0 amide bonds. The first-order valence-corrected chi connectivity index (χ1v) is 3.86. The Kier molecular flexibility index (Phi) is 2.74. The van der Waals surface area contributed by atoms with Crippen LogP contribution in [0, 0.1) is 0 Å². The second-order valence-corrected chi connectivity index (χ2v) is 2.82. The van der Waals surface area contributed by atoms with Crippen LogP contribution in [0.4, 0.5) is 5.69 Å². The highest BCUT2D eigenvalue weighted by atomic mass is 35.5. The molecule has 0 aliphatic carbocycles. The van der Waals surface area contributed by atoms with Crippen LogP contribution in [0.15, 0.2) is 18.2 Å². The van der Waals surface area contributed by atoms with E-state index in [0.717, 1.165) is 17.7 Å². The molecular weight excluding hydrogens is 160 g/mol. The van der Waals surface area contributed by atoms with E-state index in [2.05, 4.69) is 0 Å². The van der Waals surface area contributed by atoms with E-state index in [9.17, 15) is 0 Å². The molecule has 4 N–H and O–H groups in total. The second-order valence-electron chi connectivity index (χ2n) is 2.38.